The molecule has 0 amide bonds. The van der Waals surface area contributed by atoms with Crippen LogP contribution in [0.3, 0.4) is 0 Å². The molecule has 0 N–H and O–H groups in total. The number of hydrogen-bond donors (Lipinski definition) is 0. The van der Waals surface area contributed by atoms with Crippen LogP contribution >= 0.6 is 31.9 Å². The van der Waals surface area contributed by atoms with Crippen LogP contribution in [0.1, 0.15) is 11.7 Å². The first-order valence-corrected chi connectivity index (χ1v) is 4.78. The van der Waals surface area contributed by atoms with Gasteiger partial charge in [-0.1, -0.05) is 0 Å². The highest BCUT2D eigenvalue weighted by molar-refractivity contribution is 9.11. The van der Waals surface area contributed by atoms with Gasteiger partial charge in [-0.05, 0) is 31.9 Å². The maximum Gasteiger partial charge on any atom is 0.108 e. The van der Waals surface area contributed by atoms with E-state index in [2.05, 4.69) is 36.8 Å². The fourth-order valence-corrected chi connectivity index (χ4v) is 2.38. The highest BCUT2D eigenvalue weighted by atomic mass is 79.9. The molecule has 0 unspecified atom stereocenters. The Balaban J connectivity index is 2.48. The van der Waals surface area contributed by atoms with E-state index in [1.54, 1.807) is 12.4 Å². The van der Waals surface area contributed by atoms with Crippen molar-refractivity contribution in [1.82, 2.24) is 4.98 Å². The Morgan fingerprint density at radius 3 is 2.36 bits per heavy atom. The van der Waals surface area contributed by atoms with Crippen molar-refractivity contribution in [3.8, 4) is 0 Å². The number of hydrogen-bond acceptors (Lipinski definition) is 2. The molecule has 1 saturated heterocycles. The number of pyridine rings is 1. The predicted molar refractivity (Wildman–Crippen MR) is 48.3 cm³/mol. The molecular weight excluding hydrogens is 274 g/mol. The van der Waals surface area contributed by atoms with Gasteiger partial charge in [-0.3, -0.25) is 4.98 Å². The van der Waals surface area contributed by atoms with Gasteiger partial charge in [0.25, 0.3) is 0 Å². The molecule has 0 aliphatic carbocycles. The fraction of sp³-hybridized carbons (Fsp3) is 0.286. The lowest BCUT2D eigenvalue weighted by atomic mass is 10.2. The third-order valence-electron chi connectivity index (χ3n) is 1.55. The Bertz CT molecular complexity index is 266. The van der Waals surface area contributed by atoms with Crippen LogP contribution in [0, 0.1) is 0 Å². The van der Waals surface area contributed by atoms with E-state index in [1.165, 1.54) is 5.56 Å². The second kappa shape index (κ2) is 2.84. The molecule has 2 rings (SSSR count). The Labute approximate surface area is 81.2 Å². The molecule has 1 aliphatic heterocycles. The summed E-state index contributed by atoms with van der Waals surface area (Å²) in [5.41, 5.74) is 1.17. The van der Waals surface area contributed by atoms with Crippen molar-refractivity contribution in [3.63, 3.8) is 0 Å². The smallest absolute Gasteiger partial charge is 0.108 e. The number of aromatic nitrogens is 1. The first-order chi connectivity index (χ1) is 5.29. The molecule has 1 aliphatic rings. The number of halogens is 2. The van der Waals surface area contributed by atoms with E-state index in [0.29, 0.717) is 0 Å². The van der Waals surface area contributed by atoms with Gasteiger partial charge in [0.2, 0.25) is 0 Å². The Morgan fingerprint density at radius 1 is 1.36 bits per heavy atom. The zero-order valence-corrected chi connectivity index (χ0v) is 8.72. The van der Waals surface area contributed by atoms with Crippen molar-refractivity contribution in [3.05, 3.63) is 26.9 Å². The van der Waals surface area contributed by atoms with Gasteiger partial charge in [-0.15, -0.1) is 0 Å². The van der Waals surface area contributed by atoms with Crippen molar-refractivity contribution in [2.75, 3.05) is 6.61 Å². The quantitative estimate of drug-likeness (QED) is 0.738. The molecule has 0 spiro atoms. The molecule has 2 heterocycles. The number of ether oxygens (including phenoxy) is 1. The standard InChI is InChI=1S/C7H5Br2NO/c8-4-1-10-2-5(9)7(4)6-3-11-6/h1-2,6H,3H2/t6-/m0/s1. The van der Waals surface area contributed by atoms with Crippen LogP contribution in [-0.4, -0.2) is 11.6 Å². The minimum absolute atomic E-state index is 0.266. The second-order valence-corrected chi connectivity index (χ2v) is 4.05. The highest BCUT2D eigenvalue weighted by Crippen LogP contribution is 2.38. The largest absolute Gasteiger partial charge is 0.368 e. The second-order valence-electron chi connectivity index (χ2n) is 2.34. The summed E-state index contributed by atoms with van der Waals surface area (Å²) < 4.78 is 7.19. The molecular formula is C7H5Br2NO. The van der Waals surface area contributed by atoms with Crippen LogP contribution in [0.15, 0.2) is 21.3 Å². The van der Waals surface area contributed by atoms with Gasteiger partial charge in [0, 0.05) is 26.9 Å². The van der Waals surface area contributed by atoms with E-state index in [1.807, 2.05) is 0 Å². The molecule has 0 saturated carbocycles. The third kappa shape index (κ3) is 1.48. The third-order valence-corrected chi connectivity index (χ3v) is 2.81. The number of epoxide rings is 1. The van der Waals surface area contributed by atoms with E-state index in [-0.39, 0.29) is 6.10 Å². The van der Waals surface area contributed by atoms with Crippen LogP contribution in [-0.2, 0) is 4.74 Å². The zero-order chi connectivity index (χ0) is 7.84. The molecule has 0 bridgehead atoms. The average Bonchev–Trinajstić information content (AvgIpc) is 2.70. The van der Waals surface area contributed by atoms with Gasteiger partial charge in [0.15, 0.2) is 0 Å². The minimum atomic E-state index is 0.266. The number of rotatable bonds is 1. The van der Waals surface area contributed by atoms with Crippen LogP contribution in [0.2, 0.25) is 0 Å². The maximum atomic E-state index is 5.17. The van der Waals surface area contributed by atoms with Crippen molar-refractivity contribution < 1.29 is 4.74 Å². The topological polar surface area (TPSA) is 25.4 Å². The molecule has 1 aromatic rings. The van der Waals surface area contributed by atoms with E-state index >= 15 is 0 Å². The van der Waals surface area contributed by atoms with Crippen molar-refractivity contribution in [2.45, 2.75) is 6.10 Å². The first-order valence-electron chi connectivity index (χ1n) is 3.19. The molecule has 0 aromatic carbocycles. The Kier molecular flexibility index (Phi) is 1.99. The molecule has 0 radical (unpaired) electrons. The van der Waals surface area contributed by atoms with E-state index in [4.69, 9.17) is 4.74 Å². The lowest BCUT2D eigenvalue weighted by molar-refractivity contribution is 0.414. The van der Waals surface area contributed by atoms with Crippen molar-refractivity contribution >= 4 is 31.9 Å². The average molecular weight is 279 g/mol. The Morgan fingerprint density at radius 2 is 1.91 bits per heavy atom. The molecule has 2 nitrogen and oxygen atoms in total. The van der Waals surface area contributed by atoms with Gasteiger partial charge in [0.1, 0.15) is 6.10 Å². The van der Waals surface area contributed by atoms with Gasteiger partial charge in [0.05, 0.1) is 6.61 Å². The Hall–Kier alpha value is 0.0700. The van der Waals surface area contributed by atoms with Gasteiger partial charge in [-0.25, -0.2) is 0 Å². The monoisotopic (exact) mass is 277 g/mol. The molecule has 1 aromatic heterocycles. The molecule has 58 valence electrons. The molecule has 1 fully saturated rings. The minimum Gasteiger partial charge on any atom is -0.368 e. The van der Waals surface area contributed by atoms with Gasteiger partial charge < -0.3 is 4.74 Å². The summed E-state index contributed by atoms with van der Waals surface area (Å²) in [6, 6.07) is 0. The normalized spacial score (nSPS) is 21.8. The SMILES string of the molecule is Brc1cncc(Br)c1[C@@H]1CO1. The number of nitrogens with zero attached hydrogens (tertiary/aromatic N) is 1. The van der Waals surface area contributed by atoms with Crippen molar-refractivity contribution in [1.29, 1.82) is 0 Å². The summed E-state index contributed by atoms with van der Waals surface area (Å²) in [5.74, 6) is 0. The van der Waals surface area contributed by atoms with E-state index in [9.17, 15) is 0 Å². The summed E-state index contributed by atoms with van der Waals surface area (Å²) in [6.45, 7) is 0.821. The van der Waals surface area contributed by atoms with Gasteiger partial charge >= 0.3 is 0 Å². The predicted octanol–water partition coefficient (Wildman–Crippen LogP) is 2.68. The summed E-state index contributed by atoms with van der Waals surface area (Å²) in [5, 5.41) is 0. The van der Waals surface area contributed by atoms with Crippen LogP contribution in [0.5, 0.6) is 0 Å². The van der Waals surface area contributed by atoms with Crippen LogP contribution < -0.4 is 0 Å². The summed E-state index contributed by atoms with van der Waals surface area (Å²) in [4.78, 5) is 4.01. The van der Waals surface area contributed by atoms with Gasteiger partial charge in [-0.2, -0.15) is 0 Å². The lowest BCUT2D eigenvalue weighted by Crippen LogP contribution is -1.86. The summed E-state index contributed by atoms with van der Waals surface area (Å²) in [6.07, 6.45) is 3.82. The lowest BCUT2D eigenvalue weighted by Gasteiger charge is -2.01. The maximum absolute atomic E-state index is 5.17. The molecule has 1 atom stereocenters. The summed E-state index contributed by atoms with van der Waals surface area (Å²) in [7, 11) is 0. The van der Waals surface area contributed by atoms with E-state index in [0.717, 1.165) is 15.6 Å². The first kappa shape index (κ1) is 7.71. The fourth-order valence-electron chi connectivity index (χ4n) is 0.944. The molecule has 11 heavy (non-hydrogen) atoms. The zero-order valence-electron chi connectivity index (χ0n) is 5.55. The van der Waals surface area contributed by atoms with Crippen LogP contribution in [0.4, 0.5) is 0 Å². The van der Waals surface area contributed by atoms with E-state index < -0.39 is 0 Å². The highest BCUT2D eigenvalue weighted by Gasteiger charge is 2.28. The summed E-state index contributed by atoms with van der Waals surface area (Å²) >= 11 is 6.83. The van der Waals surface area contributed by atoms with Crippen molar-refractivity contribution in [2.24, 2.45) is 0 Å². The van der Waals surface area contributed by atoms with Crippen LogP contribution in [0.25, 0.3) is 0 Å². The molecule has 4 heteroatoms.